The molecule has 0 radical (unpaired) electrons. The van der Waals surface area contributed by atoms with Crippen molar-refractivity contribution in [1.82, 2.24) is 10.9 Å². The van der Waals surface area contributed by atoms with Gasteiger partial charge in [0.2, 0.25) is 0 Å². The zero-order valence-electron chi connectivity index (χ0n) is 14.7. The highest BCUT2D eigenvalue weighted by atomic mass is 16.5. The Morgan fingerprint density at radius 2 is 1.88 bits per heavy atom. The summed E-state index contributed by atoms with van der Waals surface area (Å²) < 4.78 is 11.0. The smallest absolute Gasteiger partial charge is 0.305 e. The Hall–Kier alpha value is -3.28. The summed E-state index contributed by atoms with van der Waals surface area (Å²) in [6.45, 7) is 3.77. The molecule has 0 aliphatic rings. The molecule has 26 heavy (non-hydrogen) atoms. The van der Waals surface area contributed by atoms with Gasteiger partial charge in [-0.15, -0.1) is 0 Å². The third-order valence-corrected chi connectivity index (χ3v) is 3.92. The average molecular weight is 352 g/mol. The molecule has 2 N–H and O–H groups in total. The minimum Gasteiger partial charge on any atom is -0.483 e. The van der Waals surface area contributed by atoms with Gasteiger partial charge in [0.25, 0.3) is 5.91 Å². The van der Waals surface area contributed by atoms with E-state index in [1.54, 1.807) is 18.2 Å². The van der Waals surface area contributed by atoms with E-state index in [2.05, 4.69) is 10.9 Å². The molecular weight excluding hydrogens is 332 g/mol. The number of fused-ring (bicyclic) bond motifs is 1. The summed E-state index contributed by atoms with van der Waals surface area (Å²) in [6.07, 6.45) is 0.806. The maximum Gasteiger partial charge on any atom is 0.305 e. The molecule has 2 amide bonds. The number of carbonyl (C=O) groups is 2. The number of para-hydroxylation sites is 1. The van der Waals surface area contributed by atoms with Gasteiger partial charge in [-0.3, -0.25) is 20.4 Å². The minimum atomic E-state index is -0.527. The molecule has 0 atom stereocenters. The number of hydrogen-bond donors (Lipinski definition) is 2. The van der Waals surface area contributed by atoms with Gasteiger partial charge in [-0.2, -0.15) is 0 Å². The van der Waals surface area contributed by atoms with Crippen molar-refractivity contribution in [3.63, 3.8) is 0 Å². The molecule has 0 fully saturated rings. The predicted molar refractivity (Wildman–Crippen MR) is 97.9 cm³/mol. The summed E-state index contributed by atoms with van der Waals surface area (Å²) in [5, 5.41) is 0.834. The van der Waals surface area contributed by atoms with Gasteiger partial charge < -0.3 is 9.15 Å². The molecule has 6 nitrogen and oxygen atoms in total. The van der Waals surface area contributed by atoms with E-state index in [4.69, 9.17) is 9.15 Å². The standard InChI is InChI=1S/C20H20N2O4/c1-3-14-6-4-5-7-16(14)25-12-19(23)21-22-20(24)18-11-15-10-13(2)8-9-17(15)26-18/h4-11H,3,12H2,1-2H3,(H,21,23)(H,22,24). The van der Waals surface area contributed by atoms with Gasteiger partial charge in [0.05, 0.1) is 0 Å². The summed E-state index contributed by atoms with van der Waals surface area (Å²) >= 11 is 0. The number of rotatable bonds is 5. The predicted octanol–water partition coefficient (Wildman–Crippen LogP) is 3.14. The van der Waals surface area contributed by atoms with Gasteiger partial charge in [0, 0.05) is 5.39 Å². The van der Waals surface area contributed by atoms with Crippen LogP contribution in [0.2, 0.25) is 0 Å². The summed E-state index contributed by atoms with van der Waals surface area (Å²) in [4.78, 5) is 24.0. The Balaban J connectivity index is 1.54. The molecule has 0 saturated carbocycles. The van der Waals surface area contributed by atoms with E-state index < -0.39 is 11.8 Å². The maximum absolute atomic E-state index is 12.1. The SMILES string of the molecule is CCc1ccccc1OCC(=O)NNC(=O)c1cc2cc(C)ccc2o1. The zero-order chi connectivity index (χ0) is 18.5. The topological polar surface area (TPSA) is 80.6 Å². The fourth-order valence-electron chi connectivity index (χ4n) is 2.58. The van der Waals surface area contributed by atoms with Crippen LogP contribution < -0.4 is 15.6 Å². The van der Waals surface area contributed by atoms with Crippen LogP contribution in [0.5, 0.6) is 5.75 Å². The lowest BCUT2D eigenvalue weighted by Gasteiger charge is -2.10. The van der Waals surface area contributed by atoms with Gasteiger partial charge >= 0.3 is 5.91 Å². The van der Waals surface area contributed by atoms with Crippen LogP contribution in [0.4, 0.5) is 0 Å². The molecule has 0 saturated heterocycles. The van der Waals surface area contributed by atoms with Crippen molar-refractivity contribution >= 4 is 22.8 Å². The Bertz CT molecular complexity index is 946. The molecule has 3 rings (SSSR count). The summed E-state index contributed by atoms with van der Waals surface area (Å²) in [6, 6.07) is 14.8. The van der Waals surface area contributed by atoms with Crippen molar-refractivity contribution < 1.29 is 18.7 Å². The first-order valence-electron chi connectivity index (χ1n) is 8.37. The van der Waals surface area contributed by atoms with E-state index in [1.807, 2.05) is 44.2 Å². The number of nitrogens with one attached hydrogen (secondary N) is 2. The van der Waals surface area contributed by atoms with E-state index in [0.29, 0.717) is 11.3 Å². The fourth-order valence-corrected chi connectivity index (χ4v) is 2.58. The minimum absolute atomic E-state index is 0.128. The largest absolute Gasteiger partial charge is 0.483 e. The number of furan rings is 1. The number of aryl methyl sites for hydroxylation is 2. The molecular formula is C20H20N2O4. The first kappa shape index (κ1) is 17.5. The van der Waals surface area contributed by atoms with E-state index in [1.165, 1.54) is 0 Å². The van der Waals surface area contributed by atoms with Crippen LogP contribution in [-0.4, -0.2) is 18.4 Å². The Morgan fingerprint density at radius 1 is 1.08 bits per heavy atom. The monoisotopic (exact) mass is 352 g/mol. The van der Waals surface area contributed by atoms with Crippen molar-refractivity contribution in [2.75, 3.05) is 6.61 Å². The summed E-state index contributed by atoms with van der Waals surface area (Å²) in [5.74, 6) is -0.204. The van der Waals surface area contributed by atoms with E-state index in [9.17, 15) is 9.59 Å². The number of carbonyl (C=O) groups excluding carboxylic acids is 2. The number of hydrogen-bond acceptors (Lipinski definition) is 4. The molecule has 3 aromatic rings. The lowest BCUT2D eigenvalue weighted by atomic mass is 10.1. The highest BCUT2D eigenvalue weighted by Crippen LogP contribution is 2.20. The van der Waals surface area contributed by atoms with Crippen molar-refractivity contribution in [3.05, 3.63) is 65.4 Å². The molecule has 0 unspecified atom stereocenters. The molecule has 0 spiro atoms. The van der Waals surface area contributed by atoms with Crippen LogP contribution >= 0.6 is 0 Å². The Kier molecular flexibility index (Phi) is 5.22. The van der Waals surface area contributed by atoms with E-state index in [0.717, 1.165) is 22.9 Å². The number of ether oxygens (including phenoxy) is 1. The van der Waals surface area contributed by atoms with Crippen LogP contribution in [0.3, 0.4) is 0 Å². The summed E-state index contributed by atoms with van der Waals surface area (Å²) in [7, 11) is 0. The van der Waals surface area contributed by atoms with Crippen molar-refractivity contribution in [2.24, 2.45) is 0 Å². The highest BCUT2D eigenvalue weighted by molar-refractivity contribution is 5.97. The number of hydrazine groups is 1. The molecule has 2 aromatic carbocycles. The first-order valence-corrected chi connectivity index (χ1v) is 8.37. The van der Waals surface area contributed by atoms with Gasteiger partial charge in [0.1, 0.15) is 11.3 Å². The third-order valence-electron chi connectivity index (χ3n) is 3.92. The van der Waals surface area contributed by atoms with Crippen LogP contribution in [0.25, 0.3) is 11.0 Å². The van der Waals surface area contributed by atoms with Crippen molar-refractivity contribution in [1.29, 1.82) is 0 Å². The normalized spacial score (nSPS) is 10.5. The molecule has 1 heterocycles. The third kappa shape index (κ3) is 4.03. The lowest BCUT2D eigenvalue weighted by Crippen LogP contribution is -2.43. The van der Waals surface area contributed by atoms with Crippen LogP contribution in [0.1, 0.15) is 28.6 Å². The van der Waals surface area contributed by atoms with E-state index >= 15 is 0 Å². The quantitative estimate of drug-likeness (QED) is 0.691. The second-order valence-electron chi connectivity index (χ2n) is 5.90. The van der Waals surface area contributed by atoms with Gasteiger partial charge in [0.15, 0.2) is 12.4 Å². The summed E-state index contributed by atoms with van der Waals surface area (Å²) in [5.41, 5.74) is 7.35. The van der Waals surface area contributed by atoms with Crippen LogP contribution in [0, 0.1) is 6.92 Å². The van der Waals surface area contributed by atoms with Gasteiger partial charge in [-0.25, -0.2) is 0 Å². The second kappa shape index (κ2) is 7.74. The van der Waals surface area contributed by atoms with Crippen molar-refractivity contribution in [2.45, 2.75) is 20.3 Å². The van der Waals surface area contributed by atoms with Gasteiger partial charge in [-0.05, 0) is 43.2 Å². The Morgan fingerprint density at radius 3 is 2.69 bits per heavy atom. The van der Waals surface area contributed by atoms with Crippen LogP contribution in [-0.2, 0) is 11.2 Å². The molecule has 6 heteroatoms. The van der Waals surface area contributed by atoms with E-state index in [-0.39, 0.29) is 12.4 Å². The Labute approximate surface area is 151 Å². The molecule has 0 aliphatic carbocycles. The maximum atomic E-state index is 12.1. The molecule has 1 aromatic heterocycles. The lowest BCUT2D eigenvalue weighted by molar-refractivity contribution is -0.123. The number of amides is 2. The molecule has 134 valence electrons. The number of benzene rings is 2. The molecule has 0 bridgehead atoms. The zero-order valence-corrected chi connectivity index (χ0v) is 14.7. The van der Waals surface area contributed by atoms with Gasteiger partial charge in [-0.1, -0.05) is 36.8 Å². The second-order valence-corrected chi connectivity index (χ2v) is 5.90. The highest BCUT2D eigenvalue weighted by Gasteiger charge is 2.13. The fraction of sp³-hybridized carbons (Fsp3) is 0.200. The first-order chi connectivity index (χ1) is 12.6. The van der Waals surface area contributed by atoms with Crippen molar-refractivity contribution in [3.8, 4) is 5.75 Å². The van der Waals surface area contributed by atoms with Crippen LogP contribution in [0.15, 0.2) is 52.9 Å². The average Bonchev–Trinajstić information content (AvgIpc) is 3.07. The molecule has 0 aliphatic heterocycles.